The zero-order chi connectivity index (χ0) is 19.9. The third-order valence-electron chi connectivity index (χ3n) is 4.57. The number of hydrogen-bond donors (Lipinski definition) is 2. The SMILES string of the molecule is Cl.O=C(CN1CCNCC1c1cccc(F)c1)NCc1ccc(OC(F)F)cc1. The predicted molar refractivity (Wildman–Crippen MR) is 106 cm³/mol. The number of carbonyl (C=O) groups excluding carboxylic acids is 1. The lowest BCUT2D eigenvalue weighted by molar-refractivity contribution is -0.123. The number of amides is 1. The van der Waals surface area contributed by atoms with E-state index in [0.717, 1.165) is 17.7 Å². The van der Waals surface area contributed by atoms with Gasteiger partial charge in [0, 0.05) is 32.2 Å². The number of nitrogens with one attached hydrogen (secondary N) is 2. The first kappa shape index (κ1) is 23.0. The zero-order valence-corrected chi connectivity index (χ0v) is 16.4. The standard InChI is InChI=1S/C20H22F3N3O2.ClH/c21-16-3-1-2-15(10-16)18-12-24-8-9-26(18)13-19(27)25-11-14-4-6-17(7-5-14)28-20(22)23;/h1-7,10,18,20,24H,8-9,11-13H2,(H,25,27);1H. The minimum Gasteiger partial charge on any atom is -0.435 e. The highest BCUT2D eigenvalue weighted by Crippen LogP contribution is 2.22. The molecule has 0 bridgehead atoms. The van der Waals surface area contributed by atoms with Crippen LogP contribution in [0, 0.1) is 5.82 Å². The third kappa shape index (κ3) is 6.92. The fourth-order valence-electron chi connectivity index (χ4n) is 3.21. The van der Waals surface area contributed by atoms with E-state index in [2.05, 4.69) is 15.4 Å². The summed E-state index contributed by atoms with van der Waals surface area (Å²) in [5.41, 5.74) is 1.60. The highest BCUT2D eigenvalue weighted by molar-refractivity contribution is 5.85. The minimum atomic E-state index is -2.87. The Labute approximate surface area is 173 Å². The first-order valence-corrected chi connectivity index (χ1v) is 9.02. The fraction of sp³-hybridized carbons (Fsp3) is 0.350. The van der Waals surface area contributed by atoms with E-state index < -0.39 is 6.61 Å². The maximum absolute atomic E-state index is 13.5. The van der Waals surface area contributed by atoms with Crippen molar-refractivity contribution < 1.29 is 22.7 Å². The number of nitrogens with zero attached hydrogens (tertiary/aromatic N) is 1. The van der Waals surface area contributed by atoms with Crippen molar-refractivity contribution in [2.75, 3.05) is 26.2 Å². The Morgan fingerprint density at radius 2 is 2.00 bits per heavy atom. The van der Waals surface area contributed by atoms with Crippen molar-refractivity contribution in [2.45, 2.75) is 19.2 Å². The Morgan fingerprint density at radius 3 is 2.69 bits per heavy atom. The van der Waals surface area contributed by atoms with E-state index in [4.69, 9.17) is 0 Å². The quantitative estimate of drug-likeness (QED) is 0.710. The van der Waals surface area contributed by atoms with Crippen LogP contribution in [0.2, 0.25) is 0 Å². The topological polar surface area (TPSA) is 53.6 Å². The number of benzene rings is 2. The number of piperazine rings is 1. The molecule has 29 heavy (non-hydrogen) atoms. The molecule has 2 aromatic carbocycles. The van der Waals surface area contributed by atoms with Gasteiger partial charge in [0.25, 0.3) is 0 Å². The fourth-order valence-corrected chi connectivity index (χ4v) is 3.21. The van der Waals surface area contributed by atoms with Crippen molar-refractivity contribution in [3.8, 4) is 5.75 Å². The maximum Gasteiger partial charge on any atom is 0.387 e. The number of alkyl halides is 2. The molecule has 158 valence electrons. The van der Waals surface area contributed by atoms with E-state index in [0.29, 0.717) is 13.1 Å². The van der Waals surface area contributed by atoms with E-state index in [-0.39, 0.29) is 49.0 Å². The number of rotatable bonds is 7. The van der Waals surface area contributed by atoms with Crippen molar-refractivity contribution in [2.24, 2.45) is 0 Å². The van der Waals surface area contributed by atoms with Gasteiger partial charge in [-0.3, -0.25) is 9.69 Å². The molecule has 1 heterocycles. The molecule has 1 aliphatic heterocycles. The second-order valence-corrected chi connectivity index (χ2v) is 6.54. The van der Waals surface area contributed by atoms with Crippen LogP contribution in [0.3, 0.4) is 0 Å². The van der Waals surface area contributed by atoms with Crippen molar-refractivity contribution in [3.05, 3.63) is 65.5 Å². The first-order chi connectivity index (χ1) is 13.5. The molecule has 9 heteroatoms. The van der Waals surface area contributed by atoms with Crippen LogP contribution in [0.15, 0.2) is 48.5 Å². The molecular formula is C20H23ClF3N3O2. The van der Waals surface area contributed by atoms with E-state index in [1.54, 1.807) is 18.2 Å². The molecule has 0 spiro atoms. The van der Waals surface area contributed by atoms with Crippen molar-refractivity contribution in [3.63, 3.8) is 0 Å². The monoisotopic (exact) mass is 429 g/mol. The minimum absolute atomic E-state index is 0. The van der Waals surface area contributed by atoms with Crippen molar-refractivity contribution >= 4 is 18.3 Å². The molecule has 1 atom stereocenters. The van der Waals surface area contributed by atoms with Crippen LogP contribution in [0.1, 0.15) is 17.2 Å². The summed E-state index contributed by atoms with van der Waals surface area (Å²) in [5, 5.41) is 6.10. The molecule has 0 radical (unpaired) electrons. The molecule has 2 aromatic rings. The number of carbonyl (C=O) groups is 1. The molecular weight excluding hydrogens is 407 g/mol. The molecule has 0 aromatic heterocycles. The molecule has 1 unspecified atom stereocenters. The highest BCUT2D eigenvalue weighted by atomic mass is 35.5. The van der Waals surface area contributed by atoms with Gasteiger partial charge in [-0.1, -0.05) is 24.3 Å². The van der Waals surface area contributed by atoms with Crippen LogP contribution in [-0.2, 0) is 11.3 Å². The van der Waals surface area contributed by atoms with Crippen LogP contribution in [0.4, 0.5) is 13.2 Å². The van der Waals surface area contributed by atoms with Gasteiger partial charge in [-0.05, 0) is 35.4 Å². The summed E-state index contributed by atoms with van der Waals surface area (Å²) in [5.74, 6) is -0.383. The highest BCUT2D eigenvalue weighted by Gasteiger charge is 2.25. The summed E-state index contributed by atoms with van der Waals surface area (Å²) in [6.07, 6.45) is 0. The van der Waals surface area contributed by atoms with Gasteiger partial charge in [0.05, 0.1) is 6.54 Å². The van der Waals surface area contributed by atoms with E-state index in [9.17, 15) is 18.0 Å². The lowest BCUT2D eigenvalue weighted by atomic mass is 10.0. The predicted octanol–water partition coefficient (Wildman–Crippen LogP) is 3.11. The molecule has 1 saturated heterocycles. The lowest BCUT2D eigenvalue weighted by Crippen LogP contribution is -2.49. The van der Waals surface area contributed by atoms with Gasteiger partial charge in [-0.25, -0.2) is 4.39 Å². The van der Waals surface area contributed by atoms with E-state index in [1.807, 2.05) is 11.0 Å². The van der Waals surface area contributed by atoms with E-state index >= 15 is 0 Å². The molecule has 3 rings (SSSR count). The average molecular weight is 430 g/mol. The molecule has 5 nitrogen and oxygen atoms in total. The molecule has 0 saturated carbocycles. The van der Waals surface area contributed by atoms with Gasteiger partial charge in [0.15, 0.2) is 0 Å². The summed E-state index contributed by atoms with van der Waals surface area (Å²) < 4.78 is 42.2. The van der Waals surface area contributed by atoms with Gasteiger partial charge in [-0.2, -0.15) is 8.78 Å². The molecule has 0 aliphatic carbocycles. The Kier molecular flexibility index (Phi) is 8.75. The summed E-state index contributed by atoms with van der Waals surface area (Å²) in [4.78, 5) is 14.4. The molecule has 1 aliphatic rings. The van der Waals surface area contributed by atoms with Crippen LogP contribution >= 0.6 is 12.4 Å². The Hall–Kier alpha value is -2.29. The zero-order valence-electron chi connectivity index (χ0n) is 15.6. The summed E-state index contributed by atoms with van der Waals surface area (Å²) >= 11 is 0. The van der Waals surface area contributed by atoms with Crippen LogP contribution in [0.5, 0.6) is 5.75 Å². The van der Waals surface area contributed by atoms with Crippen LogP contribution < -0.4 is 15.4 Å². The summed E-state index contributed by atoms with van der Waals surface area (Å²) in [6, 6.07) is 12.4. The van der Waals surface area contributed by atoms with Crippen LogP contribution in [-0.4, -0.2) is 43.6 Å². The Balaban J connectivity index is 0.00000300. The second-order valence-electron chi connectivity index (χ2n) is 6.54. The number of ether oxygens (including phenoxy) is 1. The number of halogens is 4. The van der Waals surface area contributed by atoms with Gasteiger partial charge in [-0.15, -0.1) is 12.4 Å². The molecule has 1 amide bonds. The van der Waals surface area contributed by atoms with Gasteiger partial charge >= 0.3 is 6.61 Å². The third-order valence-corrected chi connectivity index (χ3v) is 4.57. The Morgan fingerprint density at radius 1 is 1.24 bits per heavy atom. The normalized spacial score (nSPS) is 16.9. The summed E-state index contributed by atoms with van der Waals surface area (Å²) in [6.45, 7) is -0.322. The van der Waals surface area contributed by atoms with Gasteiger partial charge < -0.3 is 15.4 Å². The van der Waals surface area contributed by atoms with Crippen molar-refractivity contribution in [1.29, 1.82) is 0 Å². The molecule has 2 N–H and O–H groups in total. The summed E-state index contributed by atoms with van der Waals surface area (Å²) in [7, 11) is 0. The first-order valence-electron chi connectivity index (χ1n) is 9.02. The van der Waals surface area contributed by atoms with Gasteiger partial charge in [0.2, 0.25) is 5.91 Å². The maximum atomic E-state index is 13.5. The second kappa shape index (κ2) is 11.0. The number of hydrogen-bond acceptors (Lipinski definition) is 4. The van der Waals surface area contributed by atoms with Crippen molar-refractivity contribution in [1.82, 2.24) is 15.5 Å². The van der Waals surface area contributed by atoms with Gasteiger partial charge in [0.1, 0.15) is 11.6 Å². The Bertz CT molecular complexity index is 793. The largest absolute Gasteiger partial charge is 0.435 e. The smallest absolute Gasteiger partial charge is 0.387 e. The average Bonchev–Trinajstić information content (AvgIpc) is 2.67. The lowest BCUT2D eigenvalue weighted by Gasteiger charge is -2.36. The van der Waals surface area contributed by atoms with Crippen LogP contribution in [0.25, 0.3) is 0 Å². The molecule has 1 fully saturated rings. The van der Waals surface area contributed by atoms with E-state index in [1.165, 1.54) is 24.3 Å².